The van der Waals surface area contributed by atoms with E-state index in [1.807, 2.05) is 11.3 Å². The van der Waals surface area contributed by atoms with Crippen molar-refractivity contribution in [2.45, 2.75) is 84.2 Å². The SMILES string of the molecule is CCCCCCCCCCCCN1Cc2c(Br)sc(Br)c2C1. The second kappa shape index (κ2) is 10.5. The zero-order valence-electron chi connectivity index (χ0n) is 13.8. The molecule has 0 saturated carbocycles. The van der Waals surface area contributed by atoms with Crippen molar-refractivity contribution in [3.05, 3.63) is 18.7 Å². The van der Waals surface area contributed by atoms with Gasteiger partial charge >= 0.3 is 0 Å². The van der Waals surface area contributed by atoms with Gasteiger partial charge in [0.25, 0.3) is 0 Å². The van der Waals surface area contributed by atoms with E-state index in [1.165, 1.54) is 89.5 Å². The smallest absolute Gasteiger partial charge is 0.0758 e. The molecule has 0 N–H and O–H groups in total. The third-order valence-electron chi connectivity index (χ3n) is 4.61. The lowest BCUT2D eigenvalue weighted by atomic mass is 10.1. The summed E-state index contributed by atoms with van der Waals surface area (Å²) in [4.78, 5) is 2.59. The van der Waals surface area contributed by atoms with Gasteiger partial charge in [-0.2, -0.15) is 0 Å². The number of nitrogens with zero attached hydrogens (tertiary/aromatic N) is 1. The van der Waals surface area contributed by atoms with Crippen molar-refractivity contribution >= 4 is 43.2 Å². The van der Waals surface area contributed by atoms with Crippen LogP contribution in [0.15, 0.2) is 7.57 Å². The Labute approximate surface area is 157 Å². The lowest BCUT2D eigenvalue weighted by molar-refractivity contribution is 0.275. The summed E-state index contributed by atoms with van der Waals surface area (Å²) in [6.07, 6.45) is 14.2. The molecule has 1 aliphatic rings. The maximum Gasteiger partial charge on any atom is 0.0758 e. The van der Waals surface area contributed by atoms with Crippen LogP contribution in [0.4, 0.5) is 0 Å². The van der Waals surface area contributed by atoms with E-state index in [4.69, 9.17) is 0 Å². The Morgan fingerprint density at radius 2 is 1.23 bits per heavy atom. The van der Waals surface area contributed by atoms with Crippen LogP contribution in [0.1, 0.15) is 82.3 Å². The molecule has 0 atom stereocenters. The summed E-state index contributed by atoms with van der Waals surface area (Å²) >= 11 is 9.20. The summed E-state index contributed by atoms with van der Waals surface area (Å²) in [5.74, 6) is 0. The Morgan fingerprint density at radius 3 is 1.73 bits per heavy atom. The van der Waals surface area contributed by atoms with E-state index in [0.29, 0.717) is 0 Å². The summed E-state index contributed by atoms with van der Waals surface area (Å²) in [5, 5.41) is 0. The average Bonchev–Trinajstić information content (AvgIpc) is 3.03. The van der Waals surface area contributed by atoms with Crippen LogP contribution < -0.4 is 0 Å². The highest BCUT2D eigenvalue weighted by atomic mass is 79.9. The number of unbranched alkanes of at least 4 members (excludes halogenated alkanes) is 9. The van der Waals surface area contributed by atoms with Crippen LogP contribution in [0.5, 0.6) is 0 Å². The maximum absolute atomic E-state index is 3.69. The fourth-order valence-electron chi connectivity index (χ4n) is 3.24. The quantitative estimate of drug-likeness (QED) is 0.315. The van der Waals surface area contributed by atoms with Crippen molar-refractivity contribution in [3.63, 3.8) is 0 Å². The molecule has 0 unspecified atom stereocenters. The van der Waals surface area contributed by atoms with Crippen molar-refractivity contribution in [1.82, 2.24) is 4.90 Å². The van der Waals surface area contributed by atoms with Gasteiger partial charge in [-0.1, -0.05) is 64.7 Å². The van der Waals surface area contributed by atoms with E-state index < -0.39 is 0 Å². The van der Waals surface area contributed by atoms with E-state index in [1.54, 1.807) is 0 Å². The average molecular weight is 451 g/mol. The first-order valence-electron chi connectivity index (χ1n) is 8.90. The lowest BCUT2D eigenvalue weighted by Crippen LogP contribution is -2.17. The first kappa shape index (κ1) is 19.0. The predicted octanol–water partition coefficient (Wildman–Crippen LogP) is 7.51. The first-order chi connectivity index (χ1) is 10.7. The van der Waals surface area contributed by atoms with Crippen LogP contribution in [-0.2, 0) is 13.1 Å². The molecule has 2 heterocycles. The highest BCUT2D eigenvalue weighted by Crippen LogP contribution is 2.41. The molecule has 126 valence electrons. The van der Waals surface area contributed by atoms with E-state index in [-0.39, 0.29) is 0 Å². The summed E-state index contributed by atoms with van der Waals surface area (Å²) in [5.41, 5.74) is 3.04. The molecule has 4 heteroatoms. The minimum Gasteiger partial charge on any atom is -0.295 e. The number of fused-ring (bicyclic) bond motifs is 1. The molecule has 0 fully saturated rings. The standard InChI is InChI=1S/C18H29Br2NS/c1-2-3-4-5-6-7-8-9-10-11-12-21-13-15-16(14-21)18(20)22-17(15)19/h2-14H2,1H3. The van der Waals surface area contributed by atoms with Crippen LogP contribution in [-0.4, -0.2) is 11.4 Å². The van der Waals surface area contributed by atoms with Crippen LogP contribution in [0.25, 0.3) is 0 Å². The van der Waals surface area contributed by atoms with Crippen molar-refractivity contribution in [3.8, 4) is 0 Å². The van der Waals surface area contributed by atoms with Gasteiger partial charge in [0.05, 0.1) is 7.57 Å². The van der Waals surface area contributed by atoms with Gasteiger partial charge in [0.15, 0.2) is 0 Å². The third kappa shape index (κ3) is 5.92. The molecule has 0 aromatic carbocycles. The number of hydrogen-bond donors (Lipinski definition) is 0. The summed E-state index contributed by atoms with van der Waals surface area (Å²) in [7, 11) is 0. The number of hydrogen-bond acceptors (Lipinski definition) is 2. The highest BCUT2D eigenvalue weighted by molar-refractivity contribution is 9.12. The molecule has 2 rings (SSSR count). The van der Waals surface area contributed by atoms with Gasteiger partial charge < -0.3 is 0 Å². The third-order valence-corrected chi connectivity index (χ3v) is 7.39. The van der Waals surface area contributed by atoms with Crippen LogP contribution in [0.3, 0.4) is 0 Å². The predicted molar refractivity (Wildman–Crippen MR) is 106 cm³/mol. The summed E-state index contributed by atoms with van der Waals surface area (Å²) in [6, 6.07) is 0. The number of rotatable bonds is 11. The van der Waals surface area contributed by atoms with Gasteiger partial charge in [-0.25, -0.2) is 0 Å². The van der Waals surface area contributed by atoms with Crippen LogP contribution >= 0.6 is 43.2 Å². The Bertz CT molecular complexity index is 418. The number of halogens is 2. The first-order valence-corrected chi connectivity index (χ1v) is 11.3. The molecule has 0 bridgehead atoms. The maximum atomic E-state index is 3.69. The fraction of sp³-hybridized carbons (Fsp3) is 0.778. The van der Waals surface area contributed by atoms with Crippen molar-refractivity contribution in [2.75, 3.05) is 6.54 Å². The topological polar surface area (TPSA) is 3.24 Å². The molecule has 22 heavy (non-hydrogen) atoms. The van der Waals surface area contributed by atoms with E-state index >= 15 is 0 Å². The zero-order chi connectivity index (χ0) is 15.8. The monoisotopic (exact) mass is 449 g/mol. The molecular formula is C18H29Br2NS. The Balaban J connectivity index is 1.46. The Kier molecular flexibility index (Phi) is 9.03. The second-order valence-corrected chi connectivity index (χ2v) is 10.2. The van der Waals surface area contributed by atoms with Crippen molar-refractivity contribution < 1.29 is 0 Å². The van der Waals surface area contributed by atoms with E-state index in [0.717, 1.165) is 13.1 Å². The lowest BCUT2D eigenvalue weighted by Gasteiger charge is -2.15. The van der Waals surface area contributed by atoms with E-state index in [9.17, 15) is 0 Å². The molecule has 1 aromatic rings. The van der Waals surface area contributed by atoms with Gasteiger partial charge in [0.2, 0.25) is 0 Å². The van der Waals surface area contributed by atoms with Crippen molar-refractivity contribution in [1.29, 1.82) is 0 Å². The molecule has 0 radical (unpaired) electrons. The molecule has 1 nitrogen and oxygen atoms in total. The van der Waals surface area contributed by atoms with Gasteiger partial charge in [-0.15, -0.1) is 11.3 Å². The van der Waals surface area contributed by atoms with Crippen LogP contribution in [0.2, 0.25) is 0 Å². The molecule has 0 amide bonds. The molecule has 1 aliphatic heterocycles. The molecule has 0 spiro atoms. The van der Waals surface area contributed by atoms with Crippen molar-refractivity contribution in [2.24, 2.45) is 0 Å². The largest absolute Gasteiger partial charge is 0.295 e. The van der Waals surface area contributed by atoms with Gasteiger partial charge in [0, 0.05) is 13.1 Å². The van der Waals surface area contributed by atoms with E-state index in [2.05, 4.69) is 43.7 Å². The minimum atomic E-state index is 1.13. The normalized spacial score (nSPS) is 14.7. The highest BCUT2D eigenvalue weighted by Gasteiger charge is 2.25. The molecule has 1 aromatic heterocycles. The van der Waals surface area contributed by atoms with Gasteiger partial charge in [-0.3, -0.25) is 4.90 Å². The molecule has 0 aliphatic carbocycles. The second-order valence-electron chi connectivity index (χ2n) is 6.50. The van der Waals surface area contributed by atoms with Crippen LogP contribution in [0, 0.1) is 0 Å². The minimum absolute atomic E-state index is 1.13. The summed E-state index contributed by atoms with van der Waals surface area (Å²) in [6.45, 7) is 5.82. The van der Waals surface area contributed by atoms with Gasteiger partial charge in [0.1, 0.15) is 0 Å². The number of thiophene rings is 1. The van der Waals surface area contributed by atoms with Gasteiger partial charge in [-0.05, 0) is 56.0 Å². The zero-order valence-corrected chi connectivity index (χ0v) is 17.8. The Hall–Kier alpha value is 0.620. The molecular weight excluding hydrogens is 422 g/mol. The molecule has 0 saturated heterocycles. The Morgan fingerprint density at radius 1 is 0.773 bits per heavy atom. The fourth-order valence-corrected chi connectivity index (χ4v) is 6.37. The summed E-state index contributed by atoms with van der Waals surface area (Å²) < 4.78 is 2.64.